The number of aliphatic hydroxyl groups is 1. The lowest BCUT2D eigenvalue weighted by atomic mass is 10.0. The average Bonchev–Trinajstić information content (AvgIpc) is 2.39. The first kappa shape index (κ1) is 17.8. The van der Waals surface area contributed by atoms with Crippen LogP contribution in [0.5, 0.6) is 0 Å². The summed E-state index contributed by atoms with van der Waals surface area (Å²) in [5, 5.41) is 9.55. The molecule has 0 bridgehead atoms. The molecule has 3 N–H and O–H groups in total. The van der Waals surface area contributed by atoms with Gasteiger partial charge < -0.3 is 29.8 Å². The summed E-state index contributed by atoms with van der Waals surface area (Å²) < 4.78 is 20.7. The quantitative estimate of drug-likeness (QED) is 0.442. The van der Waals surface area contributed by atoms with Crippen molar-refractivity contribution < 1.29 is 24.1 Å². The molecule has 0 aromatic rings. The van der Waals surface area contributed by atoms with E-state index in [1.54, 1.807) is 14.2 Å². The molecular weight excluding hydrogens is 238 g/mol. The van der Waals surface area contributed by atoms with Gasteiger partial charge in [-0.2, -0.15) is 0 Å². The van der Waals surface area contributed by atoms with Crippen LogP contribution >= 0.6 is 0 Å². The van der Waals surface area contributed by atoms with Crippen molar-refractivity contribution in [3.8, 4) is 0 Å². The molecular formula is C12H27NO5. The van der Waals surface area contributed by atoms with Gasteiger partial charge in [-0.05, 0) is 6.42 Å². The third-order valence-corrected chi connectivity index (χ3v) is 2.45. The summed E-state index contributed by atoms with van der Waals surface area (Å²) in [6, 6.07) is 0. The van der Waals surface area contributed by atoms with Gasteiger partial charge >= 0.3 is 0 Å². The second-order valence-corrected chi connectivity index (χ2v) is 4.13. The molecule has 1 atom stereocenters. The minimum atomic E-state index is -0.507. The molecule has 0 aliphatic heterocycles. The van der Waals surface area contributed by atoms with Crippen LogP contribution in [0.15, 0.2) is 0 Å². The van der Waals surface area contributed by atoms with Crippen molar-refractivity contribution in [2.24, 2.45) is 11.7 Å². The van der Waals surface area contributed by atoms with Gasteiger partial charge in [0.05, 0.1) is 45.7 Å². The Morgan fingerprint density at radius 3 is 1.83 bits per heavy atom. The Morgan fingerprint density at radius 2 is 1.44 bits per heavy atom. The van der Waals surface area contributed by atoms with Gasteiger partial charge in [-0.15, -0.1) is 0 Å². The van der Waals surface area contributed by atoms with Crippen molar-refractivity contribution in [2.75, 3.05) is 60.4 Å². The van der Waals surface area contributed by atoms with E-state index in [0.29, 0.717) is 46.1 Å². The summed E-state index contributed by atoms with van der Waals surface area (Å²) in [6.07, 6.45) is 0.0725. The van der Waals surface area contributed by atoms with Gasteiger partial charge in [0.2, 0.25) is 0 Å². The first-order valence-corrected chi connectivity index (χ1v) is 6.26. The van der Waals surface area contributed by atoms with Crippen molar-refractivity contribution in [2.45, 2.75) is 12.5 Å². The topological polar surface area (TPSA) is 83.2 Å². The zero-order valence-electron chi connectivity index (χ0n) is 11.5. The Kier molecular flexibility index (Phi) is 13.0. The average molecular weight is 265 g/mol. The van der Waals surface area contributed by atoms with Crippen LogP contribution in [0, 0.1) is 5.92 Å². The molecule has 0 rings (SSSR count). The van der Waals surface area contributed by atoms with Crippen molar-refractivity contribution in [3.63, 3.8) is 0 Å². The van der Waals surface area contributed by atoms with Gasteiger partial charge in [0.1, 0.15) is 0 Å². The molecule has 0 spiro atoms. The summed E-state index contributed by atoms with van der Waals surface area (Å²) in [6.45, 7) is 3.55. The Bertz CT molecular complexity index is 159. The molecule has 18 heavy (non-hydrogen) atoms. The van der Waals surface area contributed by atoms with Crippen LogP contribution in [0.2, 0.25) is 0 Å². The molecule has 0 heterocycles. The van der Waals surface area contributed by atoms with Crippen LogP contribution in [0.3, 0.4) is 0 Å². The fraction of sp³-hybridized carbons (Fsp3) is 1.00. The molecule has 6 heteroatoms. The molecule has 6 nitrogen and oxygen atoms in total. The van der Waals surface area contributed by atoms with E-state index in [1.165, 1.54) is 0 Å². The second-order valence-electron chi connectivity index (χ2n) is 4.13. The number of ether oxygens (including phenoxy) is 4. The van der Waals surface area contributed by atoms with Crippen LogP contribution in [0.25, 0.3) is 0 Å². The van der Waals surface area contributed by atoms with Crippen LogP contribution in [-0.2, 0) is 18.9 Å². The molecule has 0 amide bonds. The molecule has 0 radical (unpaired) electrons. The molecule has 1 unspecified atom stereocenters. The highest BCUT2D eigenvalue weighted by Crippen LogP contribution is 2.08. The van der Waals surface area contributed by atoms with E-state index in [4.69, 9.17) is 24.7 Å². The zero-order valence-corrected chi connectivity index (χ0v) is 11.5. The highest BCUT2D eigenvalue weighted by molar-refractivity contribution is 4.65. The number of hydrogen-bond donors (Lipinski definition) is 2. The predicted molar refractivity (Wildman–Crippen MR) is 68.6 cm³/mol. The van der Waals surface area contributed by atoms with Crippen LogP contribution in [-0.4, -0.2) is 71.6 Å². The number of methoxy groups -OCH3 is 2. The first-order chi connectivity index (χ1) is 8.74. The van der Waals surface area contributed by atoms with Gasteiger partial charge in [-0.25, -0.2) is 0 Å². The molecule has 0 saturated carbocycles. The molecule has 0 fully saturated rings. The van der Waals surface area contributed by atoms with Gasteiger partial charge in [0.15, 0.2) is 0 Å². The largest absolute Gasteiger partial charge is 0.392 e. The van der Waals surface area contributed by atoms with Crippen LogP contribution < -0.4 is 5.73 Å². The lowest BCUT2D eigenvalue weighted by molar-refractivity contribution is -0.00656. The standard InChI is InChI=1S/C12H27NO5/c1-15-3-5-17-9-11(7-12(14)8-13)10-18-6-4-16-2/h11-12,14H,3-10,13H2,1-2H3. The normalized spacial score (nSPS) is 13.2. The molecule has 110 valence electrons. The van der Waals surface area contributed by atoms with E-state index in [-0.39, 0.29) is 12.5 Å². The predicted octanol–water partition coefficient (Wildman–Crippen LogP) is -0.362. The minimum Gasteiger partial charge on any atom is -0.392 e. The first-order valence-electron chi connectivity index (χ1n) is 6.26. The number of nitrogens with two attached hydrogens (primary N) is 1. The van der Waals surface area contributed by atoms with E-state index in [0.717, 1.165) is 0 Å². The number of aliphatic hydroxyl groups excluding tert-OH is 1. The highest BCUT2D eigenvalue weighted by atomic mass is 16.5. The van der Waals surface area contributed by atoms with Gasteiger partial charge in [0, 0.05) is 26.7 Å². The van der Waals surface area contributed by atoms with E-state index in [9.17, 15) is 5.11 Å². The molecule has 0 saturated heterocycles. The SMILES string of the molecule is COCCOCC(COCCOC)CC(O)CN. The summed E-state index contributed by atoms with van der Waals surface area (Å²) in [5.74, 6) is 0.136. The Morgan fingerprint density at radius 1 is 0.944 bits per heavy atom. The summed E-state index contributed by atoms with van der Waals surface area (Å²) in [7, 11) is 3.26. The van der Waals surface area contributed by atoms with E-state index in [2.05, 4.69) is 0 Å². The maximum atomic E-state index is 9.55. The van der Waals surface area contributed by atoms with Gasteiger partial charge in [-0.3, -0.25) is 0 Å². The molecule has 0 aromatic carbocycles. The van der Waals surface area contributed by atoms with Gasteiger partial charge in [0.25, 0.3) is 0 Å². The molecule has 0 aliphatic rings. The van der Waals surface area contributed by atoms with Crippen molar-refractivity contribution in [1.82, 2.24) is 0 Å². The Labute approximate surface area is 109 Å². The van der Waals surface area contributed by atoms with Crippen molar-refractivity contribution in [3.05, 3.63) is 0 Å². The lowest BCUT2D eigenvalue weighted by Gasteiger charge is -2.19. The Balaban J connectivity index is 3.77. The maximum Gasteiger partial charge on any atom is 0.0700 e. The highest BCUT2D eigenvalue weighted by Gasteiger charge is 2.14. The molecule has 0 aliphatic carbocycles. The number of rotatable bonds is 13. The van der Waals surface area contributed by atoms with Crippen molar-refractivity contribution in [1.29, 1.82) is 0 Å². The Hall–Kier alpha value is -0.240. The summed E-state index contributed by atoms with van der Waals surface area (Å²) in [4.78, 5) is 0. The van der Waals surface area contributed by atoms with Gasteiger partial charge in [-0.1, -0.05) is 0 Å². The third kappa shape index (κ3) is 10.9. The van der Waals surface area contributed by atoms with Crippen LogP contribution in [0.4, 0.5) is 0 Å². The monoisotopic (exact) mass is 265 g/mol. The van der Waals surface area contributed by atoms with Crippen LogP contribution in [0.1, 0.15) is 6.42 Å². The second kappa shape index (κ2) is 13.2. The summed E-state index contributed by atoms with van der Waals surface area (Å²) >= 11 is 0. The molecule has 0 aromatic heterocycles. The maximum absolute atomic E-state index is 9.55. The lowest BCUT2D eigenvalue weighted by Crippen LogP contribution is -2.28. The zero-order chi connectivity index (χ0) is 13.6. The fourth-order valence-corrected chi connectivity index (χ4v) is 1.45. The van der Waals surface area contributed by atoms with Crippen molar-refractivity contribution >= 4 is 0 Å². The minimum absolute atomic E-state index is 0.136. The van der Waals surface area contributed by atoms with E-state index >= 15 is 0 Å². The third-order valence-electron chi connectivity index (χ3n) is 2.45. The smallest absolute Gasteiger partial charge is 0.0700 e. The van der Waals surface area contributed by atoms with E-state index in [1.807, 2.05) is 0 Å². The summed E-state index contributed by atoms with van der Waals surface area (Å²) in [5.41, 5.74) is 5.40. The fourth-order valence-electron chi connectivity index (χ4n) is 1.45. The number of hydrogen-bond acceptors (Lipinski definition) is 6. The van der Waals surface area contributed by atoms with E-state index < -0.39 is 6.10 Å².